The number of hydrogen-bond donors (Lipinski definition) is 3. The Hall–Kier alpha value is -2.57. The van der Waals surface area contributed by atoms with Crippen LogP contribution in [-0.2, 0) is 14.3 Å². The molecule has 150 valence electrons. The summed E-state index contributed by atoms with van der Waals surface area (Å²) in [4.78, 5) is 36.1. The van der Waals surface area contributed by atoms with Crippen molar-refractivity contribution in [2.24, 2.45) is 0 Å². The molecular weight excluding hydrogens is 348 g/mol. The van der Waals surface area contributed by atoms with E-state index in [9.17, 15) is 19.5 Å². The van der Waals surface area contributed by atoms with Gasteiger partial charge in [-0.25, -0.2) is 9.59 Å². The highest BCUT2D eigenvalue weighted by molar-refractivity contribution is 5.92. The Kier molecular flexibility index (Phi) is 7.39. The molecule has 0 saturated carbocycles. The number of rotatable bonds is 7. The molecule has 0 heterocycles. The van der Waals surface area contributed by atoms with Gasteiger partial charge in [-0.1, -0.05) is 37.3 Å². The Morgan fingerprint density at radius 3 is 2.11 bits per heavy atom. The summed E-state index contributed by atoms with van der Waals surface area (Å²) in [5.74, 6) is -1.78. The van der Waals surface area contributed by atoms with Crippen molar-refractivity contribution in [2.75, 3.05) is 0 Å². The van der Waals surface area contributed by atoms with Gasteiger partial charge in [0.2, 0.25) is 5.91 Å². The molecule has 7 heteroatoms. The van der Waals surface area contributed by atoms with Crippen molar-refractivity contribution in [3.05, 3.63) is 35.9 Å². The van der Waals surface area contributed by atoms with Crippen LogP contribution in [-0.4, -0.2) is 40.3 Å². The summed E-state index contributed by atoms with van der Waals surface area (Å²) in [6, 6.07) is 8.41. The third kappa shape index (κ3) is 7.68. The molecule has 7 nitrogen and oxygen atoms in total. The summed E-state index contributed by atoms with van der Waals surface area (Å²) in [5.41, 5.74) is -1.04. The zero-order chi connectivity index (χ0) is 20.8. The first-order valence-corrected chi connectivity index (χ1v) is 8.91. The van der Waals surface area contributed by atoms with Gasteiger partial charge in [0.25, 0.3) is 0 Å². The van der Waals surface area contributed by atoms with Gasteiger partial charge < -0.3 is 20.5 Å². The van der Waals surface area contributed by atoms with Crippen LogP contribution in [0.5, 0.6) is 0 Å². The molecule has 1 unspecified atom stereocenters. The van der Waals surface area contributed by atoms with E-state index in [0.717, 1.165) is 5.56 Å². The fourth-order valence-corrected chi connectivity index (χ4v) is 2.45. The molecule has 3 N–H and O–H groups in total. The van der Waals surface area contributed by atoms with Gasteiger partial charge in [-0.05, 0) is 52.5 Å². The van der Waals surface area contributed by atoms with Gasteiger partial charge in [-0.3, -0.25) is 4.79 Å². The van der Waals surface area contributed by atoms with Crippen molar-refractivity contribution >= 4 is 18.0 Å². The maximum Gasteiger partial charge on any atom is 0.408 e. The standard InChI is InChI=1S/C20H30N2O5/c1-13(14-10-8-7-9-11-14)12-15(16(23)24)21-17(25)20(5,6)22-18(26)27-19(2,3)4/h7-11,13,15H,12H2,1-6H3,(H,21,25)(H,22,26)(H,23,24)/t13?,15-/m1/s1. The van der Waals surface area contributed by atoms with Crippen molar-refractivity contribution in [1.82, 2.24) is 10.6 Å². The number of nitrogens with one attached hydrogen (secondary N) is 2. The van der Waals surface area contributed by atoms with E-state index in [1.807, 2.05) is 37.3 Å². The van der Waals surface area contributed by atoms with E-state index in [-0.39, 0.29) is 12.3 Å². The molecule has 0 aromatic heterocycles. The first-order valence-electron chi connectivity index (χ1n) is 8.91. The van der Waals surface area contributed by atoms with Crippen LogP contribution < -0.4 is 10.6 Å². The second-order valence-corrected chi connectivity index (χ2v) is 8.16. The van der Waals surface area contributed by atoms with Crippen LogP contribution in [0, 0.1) is 0 Å². The molecule has 0 saturated heterocycles. The molecule has 0 aliphatic rings. The minimum atomic E-state index is -1.33. The normalized spacial score (nSPS) is 14.0. The lowest BCUT2D eigenvalue weighted by Gasteiger charge is -2.29. The molecule has 1 rings (SSSR count). The Bertz CT molecular complexity index is 665. The number of carbonyl (C=O) groups excluding carboxylic acids is 2. The van der Waals surface area contributed by atoms with Crippen molar-refractivity contribution in [1.29, 1.82) is 0 Å². The number of hydrogen-bond acceptors (Lipinski definition) is 4. The molecular formula is C20H30N2O5. The van der Waals surface area contributed by atoms with Crippen LogP contribution in [0.2, 0.25) is 0 Å². The minimum absolute atomic E-state index is 0.0606. The van der Waals surface area contributed by atoms with Crippen LogP contribution in [0.1, 0.15) is 59.4 Å². The molecule has 1 aromatic carbocycles. The molecule has 2 atom stereocenters. The number of carboxylic acid groups (broad SMARTS) is 1. The van der Waals surface area contributed by atoms with Crippen molar-refractivity contribution < 1.29 is 24.2 Å². The highest BCUT2D eigenvalue weighted by atomic mass is 16.6. The second-order valence-electron chi connectivity index (χ2n) is 8.16. The van der Waals surface area contributed by atoms with Crippen LogP contribution >= 0.6 is 0 Å². The fraction of sp³-hybridized carbons (Fsp3) is 0.550. The van der Waals surface area contributed by atoms with Crippen molar-refractivity contribution in [3.8, 4) is 0 Å². The third-order valence-electron chi connectivity index (χ3n) is 3.94. The van der Waals surface area contributed by atoms with Gasteiger partial charge >= 0.3 is 12.1 Å². The largest absolute Gasteiger partial charge is 0.480 e. The van der Waals surface area contributed by atoms with E-state index in [4.69, 9.17) is 4.74 Å². The Morgan fingerprint density at radius 1 is 1.07 bits per heavy atom. The Morgan fingerprint density at radius 2 is 1.63 bits per heavy atom. The number of aliphatic carboxylic acids is 1. The van der Waals surface area contributed by atoms with Crippen LogP contribution in [0.4, 0.5) is 4.79 Å². The molecule has 0 aliphatic carbocycles. The number of carbonyl (C=O) groups is 3. The molecule has 2 amide bonds. The highest BCUT2D eigenvalue weighted by Crippen LogP contribution is 2.21. The molecule has 0 radical (unpaired) electrons. The average Bonchev–Trinajstić information content (AvgIpc) is 2.52. The van der Waals surface area contributed by atoms with Gasteiger partial charge in [0.05, 0.1) is 0 Å². The molecule has 1 aromatic rings. The first kappa shape index (κ1) is 22.5. The van der Waals surface area contributed by atoms with E-state index >= 15 is 0 Å². The van der Waals surface area contributed by atoms with Gasteiger partial charge in [-0.15, -0.1) is 0 Å². The topological polar surface area (TPSA) is 105 Å². The van der Waals surface area contributed by atoms with Gasteiger partial charge in [0.15, 0.2) is 0 Å². The number of amides is 2. The predicted molar refractivity (Wildman–Crippen MR) is 102 cm³/mol. The predicted octanol–water partition coefficient (Wildman–Crippen LogP) is 3.05. The van der Waals surface area contributed by atoms with E-state index in [2.05, 4.69) is 10.6 Å². The zero-order valence-corrected chi connectivity index (χ0v) is 16.8. The summed E-state index contributed by atoms with van der Waals surface area (Å²) >= 11 is 0. The summed E-state index contributed by atoms with van der Waals surface area (Å²) in [7, 11) is 0. The number of ether oxygens (including phenoxy) is 1. The lowest BCUT2D eigenvalue weighted by Crippen LogP contribution is -2.58. The second kappa shape index (κ2) is 8.88. The number of carboxylic acids is 1. The van der Waals surface area contributed by atoms with Crippen LogP contribution in [0.15, 0.2) is 30.3 Å². The quantitative estimate of drug-likeness (QED) is 0.676. The average molecular weight is 378 g/mol. The van der Waals surface area contributed by atoms with Crippen molar-refractivity contribution in [2.45, 2.75) is 71.1 Å². The van der Waals surface area contributed by atoms with Gasteiger partial charge in [-0.2, -0.15) is 0 Å². The lowest BCUT2D eigenvalue weighted by molar-refractivity contribution is -0.143. The number of benzene rings is 1. The SMILES string of the molecule is CC(C[C@@H](NC(=O)C(C)(C)NC(=O)OC(C)(C)C)C(=O)O)c1ccccc1. The van der Waals surface area contributed by atoms with Crippen molar-refractivity contribution in [3.63, 3.8) is 0 Å². The molecule has 0 bridgehead atoms. The Labute approximate surface area is 160 Å². The highest BCUT2D eigenvalue weighted by Gasteiger charge is 2.34. The fourth-order valence-electron chi connectivity index (χ4n) is 2.45. The molecule has 27 heavy (non-hydrogen) atoms. The summed E-state index contributed by atoms with van der Waals surface area (Å²) in [6.45, 7) is 10.0. The van der Waals surface area contributed by atoms with E-state index in [1.165, 1.54) is 13.8 Å². The van der Waals surface area contributed by atoms with Gasteiger partial charge in [0, 0.05) is 0 Å². The van der Waals surface area contributed by atoms with E-state index in [0.29, 0.717) is 0 Å². The van der Waals surface area contributed by atoms with Gasteiger partial charge in [0.1, 0.15) is 17.2 Å². The maximum absolute atomic E-state index is 12.6. The maximum atomic E-state index is 12.6. The van der Waals surface area contributed by atoms with Crippen LogP contribution in [0.25, 0.3) is 0 Å². The Balaban J connectivity index is 2.76. The van der Waals surface area contributed by atoms with E-state index < -0.39 is 35.2 Å². The monoisotopic (exact) mass is 378 g/mol. The number of alkyl carbamates (subject to hydrolysis) is 1. The van der Waals surface area contributed by atoms with E-state index in [1.54, 1.807) is 20.8 Å². The summed E-state index contributed by atoms with van der Waals surface area (Å²) in [5, 5.41) is 14.5. The lowest BCUT2D eigenvalue weighted by atomic mass is 9.93. The first-order chi connectivity index (χ1) is 12.3. The summed E-state index contributed by atoms with van der Waals surface area (Å²) < 4.78 is 5.15. The minimum Gasteiger partial charge on any atom is -0.480 e. The molecule has 0 spiro atoms. The third-order valence-corrected chi connectivity index (χ3v) is 3.94. The molecule has 0 aliphatic heterocycles. The van der Waals surface area contributed by atoms with Crippen LogP contribution in [0.3, 0.4) is 0 Å². The zero-order valence-electron chi connectivity index (χ0n) is 16.8. The molecule has 0 fully saturated rings. The smallest absolute Gasteiger partial charge is 0.408 e. The summed E-state index contributed by atoms with van der Waals surface area (Å²) in [6.07, 6.45) is -0.514.